The molecule has 0 saturated heterocycles. The van der Waals surface area contributed by atoms with Crippen LogP contribution >= 0.6 is 0 Å². The molecule has 2 atom stereocenters. The predicted octanol–water partition coefficient (Wildman–Crippen LogP) is 4.38. The van der Waals surface area contributed by atoms with Gasteiger partial charge in [-0.15, -0.1) is 0 Å². The Morgan fingerprint density at radius 1 is 1.09 bits per heavy atom. The topological polar surface area (TPSA) is 84.9 Å². The first-order valence-corrected chi connectivity index (χ1v) is 10.9. The summed E-state index contributed by atoms with van der Waals surface area (Å²) in [6.07, 6.45) is 0. The van der Waals surface area contributed by atoms with E-state index < -0.39 is 17.9 Å². The molecule has 1 aliphatic heterocycles. The van der Waals surface area contributed by atoms with Crippen LogP contribution in [0.1, 0.15) is 69.7 Å². The van der Waals surface area contributed by atoms with E-state index in [1.54, 1.807) is 19.2 Å². The van der Waals surface area contributed by atoms with E-state index in [1.807, 2.05) is 12.1 Å². The van der Waals surface area contributed by atoms with Crippen molar-refractivity contribution in [3.05, 3.63) is 58.7 Å². The van der Waals surface area contributed by atoms with Gasteiger partial charge in [-0.25, -0.2) is 0 Å². The van der Waals surface area contributed by atoms with Crippen LogP contribution < -0.4 is 14.8 Å². The molecule has 2 aromatic carbocycles. The number of carboxylic acids is 1. The molecule has 0 aromatic heterocycles. The van der Waals surface area contributed by atoms with Crippen molar-refractivity contribution in [2.75, 3.05) is 13.7 Å². The molecule has 2 unspecified atom stereocenters. The molecule has 2 aromatic rings. The molecule has 0 bridgehead atoms. The number of carbonyl (C=O) groups excluding carboxylic acids is 1. The number of carboxylic acid groups (broad SMARTS) is 1. The molecule has 1 heterocycles. The number of ether oxygens (including phenoxy) is 2. The summed E-state index contributed by atoms with van der Waals surface area (Å²) in [5.74, 6) is -0.559. The van der Waals surface area contributed by atoms with Crippen molar-refractivity contribution in [1.29, 1.82) is 0 Å². The third-order valence-corrected chi connectivity index (χ3v) is 5.82. The van der Waals surface area contributed by atoms with Crippen molar-refractivity contribution in [1.82, 2.24) is 5.32 Å². The first-order chi connectivity index (χ1) is 14.8. The molecule has 0 saturated carbocycles. The van der Waals surface area contributed by atoms with Crippen LogP contribution in [-0.4, -0.2) is 36.7 Å². The normalized spacial score (nSPS) is 17.0. The minimum atomic E-state index is -0.973. The summed E-state index contributed by atoms with van der Waals surface area (Å²) in [5.41, 5.74) is 3.65. The molecule has 172 valence electrons. The van der Waals surface area contributed by atoms with Gasteiger partial charge in [0, 0.05) is 11.1 Å². The molecule has 0 radical (unpaired) electrons. The van der Waals surface area contributed by atoms with E-state index in [1.165, 1.54) is 0 Å². The number of benzene rings is 2. The second-order valence-electron chi connectivity index (χ2n) is 10.4. The van der Waals surface area contributed by atoms with Crippen molar-refractivity contribution < 1.29 is 24.2 Å². The summed E-state index contributed by atoms with van der Waals surface area (Å²) in [4.78, 5) is 24.1. The minimum absolute atomic E-state index is 0.00334. The number of rotatable bonds is 6. The van der Waals surface area contributed by atoms with Crippen LogP contribution in [0.25, 0.3) is 0 Å². The van der Waals surface area contributed by atoms with E-state index in [9.17, 15) is 9.59 Å². The zero-order valence-corrected chi connectivity index (χ0v) is 19.9. The maximum atomic E-state index is 13.0. The van der Waals surface area contributed by atoms with Gasteiger partial charge >= 0.3 is 11.9 Å². The van der Waals surface area contributed by atoms with E-state index in [0.29, 0.717) is 11.5 Å². The van der Waals surface area contributed by atoms with Gasteiger partial charge in [-0.1, -0.05) is 65.8 Å². The quantitative estimate of drug-likeness (QED) is 0.513. The average molecular weight is 440 g/mol. The minimum Gasteiger partial charge on any atom is -0.491 e. The molecular formula is C26H33NO5. The van der Waals surface area contributed by atoms with Crippen molar-refractivity contribution in [2.24, 2.45) is 0 Å². The predicted molar refractivity (Wildman–Crippen MR) is 124 cm³/mol. The van der Waals surface area contributed by atoms with Gasteiger partial charge in [0.05, 0.1) is 0 Å². The van der Waals surface area contributed by atoms with E-state index in [-0.39, 0.29) is 23.4 Å². The fourth-order valence-corrected chi connectivity index (χ4v) is 3.79. The number of nitrogens with one attached hydrogen (secondary N) is 1. The van der Waals surface area contributed by atoms with Gasteiger partial charge < -0.3 is 19.9 Å². The smallest absolute Gasteiger partial charge is 0.324 e. The zero-order chi connectivity index (χ0) is 23.8. The van der Waals surface area contributed by atoms with Gasteiger partial charge in [0.2, 0.25) is 0 Å². The Bertz CT molecular complexity index is 1010. The van der Waals surface area contributed by atoms with Crippen LogP contribution in [0.4, 0.5) is 0 Å². The molecule has 3 rings (SSSR count). The van der Waals surface area contributed by atoms with Crippen molar-refractivity contribution >= 4 is 11.9 Å². The summed E-state index contributed by atoms with van der Waals surface area (Å²) in [6, 6.07) is 10.7. The second-order valence-corrected chi connectivity index (χ2v) is 10.4. The third-order valence-electron chi connectivity index (χ3n) is 5.82. The second kappa shape index (κ2) is 8.58. The van der Waals surface area contributed by atoms with E-state index >= 15 is 0 Å². The monoisotopic (exact) mass is 439 g/mol. The molecule has 6 heteroatoms. The van der Waals surface area contributed by atoms with Crippen LogP contribution in [0.15, 0.2) is 36.4 Å². The van der Waals surface area contributed by atoms with Crippen molar-refractivity contribution in [3.63, 3.8) is 0 Å². The van der Waals surface area contributed by atoms with Crippen molar-refractivity contribution in [3.8, 4) is 11.5 Å². The number of esters is 1. The Labute approximate surface area is 189 Å². The highest BCUT2D eigenvalue weighted by molar-refractivity contribution is 5.90. The Balaban J connectivity index is 1.96. The fraction of sp³-hybridized carbons (Fsp3) is 0.462. The molecule has 32 heavy (non-hydrogen) atoms. The van der Waals surface area contributed by atoms with Crippen LogP contribution in [0.2, 0.25) is 0 Å². The SMILES string of the molecule is CNC(COc1ccc(C2C(=O)Oc3c2cc(C(C)(C)C)cc3C(C)(C)C)cc1)C(=O)O. The lowest BCUT2D eigenvalue weighted by Gasteiger charge is -2.27. The summed E-state index contributed by atoms with van der Waals surface area (Å²) < 4.78 is 11.4. The van der Waals surface area contributed by atoms with Gasteiger partial charge in [-0.2, -0.15) is 0 Å². The molecule has 0 spiro atoms. The average Bonchev–Trinajstić information content (AvgIpc) is 3.02. The lowest BCUT2D eigenvalue weighted by Crippen LogP contribution is -2.39. The lowest BCUT2D eigenvalue weighted by molar-refractivity contribution is -0.140. The number of fused-ring (bicyclic) bond motifs is 1. The van der Waals surface area contributed by atoms with Gasteiger partial charge in [0.1, 0.15) is 30.1 Å². The molecular weight excluding hydrogens is 406 g/mol. The highest BCUT2D eigenvalue weighted by Crippen LogP contribution is 2.47. The summed E-state index contributed by atoms with van der Waals surface area (Å²) in [7, 11) is 1.58. The number of carbonyl (C=O) groups is 2. The van der Waals surface area contributed by atoms with Crippen LogP contribution in [-0.2, 0) is 20.4 Å². The Kier molecular flexibility index (Phi) is 6.38. The van der Waals surface area contributed by atoms with Crippen LogP contribution in [0.5, 0.6) is 11.5 Å². The highest BCUT2D eigenvalue weighted by atomic mass is 16.5. The molecule has 0 fully saturated rings. The van der Waals surface area contributed by atoms with Gasteiger partial charge in [-0.3, -0.25) is 9.59 Å². The van der Waals surface area contributed by atoms with Crippen molar-refractivity contribution in [2.45, 2.75) is 64.3 Å². The van der Waals surface area contributed by atoms with Crippen LogP contribution in [0, 0.1) is 0 Å². The van der Waals surface area contributed by atoms with E-state index in [0.717, 1.165) is 22.3 Å². The summed E-state index contributed by atoms with van der Waals surface area (Å²) in [6.45, 7) is 12.9. The third kappa shape index (κ3) is 4.80. The highest BCUT2D eigenvalue weighted by Gasteiger charge is 2.39. The van der Waals surface area contributed by atoms with Gasteiger partial charge in [-0.05, 0) is 41.1 Å². The maximum Gasteiger partial charge on any atom is 0.324 e. The summed E-state index contributed by atoms with van der Waals surface area (Å²) in [5, 5.41) is 11.8. The number of likely N-dealkylation sites (N-methyl/N-ethyl adjacent to an activating group) is 1. The fourth-order valence-electron chi connectivity index (χ4n) is 3.79. The standard InChI is InChI=1S/C26H33NO5/c1-25(2,3)16-12-18-21(24(30)32-22(18)19(13-16)26(4,5)6)15-8-10-17(11-9-15)31-14-20(27-7)23(28)29/h8-13,20-21,27H,14H2,1-7H3,(H,28,29). The first-order valence-electron chi connectivity index (χ1n) is 10.9. The molecule has 0 aliphatic carbocycles. The zero-order valence-electron chi connectivity index (χ0n) is 19.9. The Hall–Kier alpha value is -2.86. The van der Waals surface area contributed by atoms with E-state index in [2.05, 4.69) is 59.0 Å². The van der Waals surface area contributed by atoms with Gasteiger partial charge in [0.15, 0.2) is 0 Å². The number of aliphatic carboxylic acids is 1. The number of hydrogen-bond donors (Lipinski definition) is 2. The number of hydrogen-bond acceptors (Lipinski definition) is 5. The largest absolute Gasteiger partial charge is 0.491 e. The Morgan fingerprint density at radius 2 is 1.72 bits per heavy atom. The van der Waals surface area contributed by atoms with Gasteiger partial charge in [0.25, 0.3) is 0 Å². The molecule has 2 N–H and O–H groups in total. The first kappa shape index (κ1) is 23.8. The molecule has 6 nitrogen and oxygen atoms in total. The molecule has 1 aliphatic rings. The maximum absolute atomic E-state index is 13.0. The lowest BCUT2D eigenvalue weighted by atomic mass is 9.77. The summed E-state index contributed by atoms with van der Waals surface area (Å²) >= 11 is 0. The van der Waals surface area contributed by atoms with Crippen LogP contribution in [0.3, 0.4) is 0 Å². The van der Waals surface area contributed by atoms with E-state index in [4.69, 9.17) is 14.6 Å². The Morgan fingerprint density at radius 3 is 2.22 bits per heavy atom. The molecule has 0 amide bonds.